The van der Waals surface area contributed by atoms with Gasteiger partial charge in [0.2, 0.25) is 0 Å². The van der Waals surface area contributed by atoms with Gasteiger partial charge >= 0.3 is 0 Å². The maximum absolute atomic E-state index is 12.5. The molecule has 0 aliphatic carbocycles. The van der Waals surface area contributed by atoms with Crippen LogP contribution in [0.15, 0.2) is 78.2 Å². The van der Waals surface area contributed by atoms with Crippen molar-refractivity contribution in [1.82, 2.24) is 10.4 Å². The molecule has 0 bridgehead atoms. The van der Waals surface area contributed by atoms with Gasteiger partial charge in [-0.1, -0.05) is 30.3 Å². The molecule has 3 aromatic rings. The summed E-state index contributed by atoms with van der Waals surface area (Å²) in [7, 11) is 3.07. The van der Waals surface area contributed by atoms with Gasteiger partial charge < -0.3 is 9.47 Å². The number of hydrogen-bond acceptors (Lipinski definition) is 5. The van der Waals surface area contributed by atoms with Crippen molar-refractivity contribution in [3.63, 3.8) is 0 Å². The molecule has 2 aromatic carbocycles. The van der Waals surface area contributed by atoms with Gasteiger partial charge in [0, 0.05) is 29.1 Å². The SMILES string of the molecule is COc1ccc(C(=O)N/N=C(\c2ccccc2)c2cccnc2)cc1OC. The van der Waals surface area contributed by atoms with Crippen molar-refractivity contribution in [1.29, 1.82) is 0 Å². The number of pyridine rings is 1. The van der Waals surface area contributed by atoms with E-state index in [0.29, 0.717) is 22.8 Å². The summed E-state index contributed by atoms with van der Waals surface area (Å²) >= 11 is 0. The van der Waals surface area contributed by atoms with E-state index in [9.17, 15) is 4.79 Å². The Hall–Kier alpha value is -3.67. The van der Waals surface area contributed by atoms with Crippen molar-refractivity contribution < 1.29 is 14.3 Å². The molecular weight excluding hydrogens is 342 g/mol. The second-order valence-corrected chi connectivity index (χ2v) is 5.58. The summed E-state index contributed by atoms with van der Waals surface area (Å²) in [6, 6.07) is 18.3. The lowest BCUT2D eigenvalue weighted by Crippen LogP contribution is -2.20. The number of hydrazone groups is 1. The summed E-state index contributed by atoms with van der Waals surface area (Å²) in [5.74, 6) is 0.677. The van der Waals surface area contributed by atoms with Gasteiger partial charge in [0.05, 0.1) is 19.9 Å². The third-order valence-electron chi connectivity index (χ3n) is 3.90. The van der Waals surface area contributed by atoms with Crippen LogP contribution in [0.1, 0.15) is 21.5 Å². The third-order valence-corrected chi connectivity index (χ3v) is 3.90. The number of rotatable bonds is 6. The zero-order valence-electron chi connectivity index (χ0n) is 15.0. The lowest BCUT2D eigenvalue weighted by molar-refractivity contribution is 0.0954. The Morgan fingerprint density at radius 1 is 0.889 bits per heavy atom. The molecule has 27 heavy (non-hydrogen) atoms. The minimum atomic E-state index is -0.353. The highest BCUT2D eigenvalue weighted by molar-refractivity contribution is 6.13. The van der Waals surface area contributed by atoms with Crippen LogP contribution in [0.4, 0.5) is 0 Å². The maximum Gasteiger partial charge on any atom is 0.271 e. The molecule has 136 valence electrons. The molecule has 1 amide bonds. The van der Waals surface area contributed by atoms with Crippen LogP contribution in [0.25, 0.3) is 0 Å². The second kappa shape index (κ2) is 8.62. The van der Waals surface area contributed by atoms with E-state index in [2.05, 4.69) is 15.5 Å². The minimum Gasteiger partial charge on any atom is -0.493 e. The molecule has 1 heterocycles. The average molecular weight is 361 g/mol. The highest BCUT2D eigenvalue weighted by Crippen LogP contribution is 2.27. The normalized spacial score (nSPS) is 11.0. The van der Waals surface area contributed by atoms with Gasteiger partial charge in [-0.25, -0.2) is 5.43 Å². The van der Waals surface area contributed by atoms with Crippen molar-refractivity contribution in [2.24, 2.45) is 5.10 Å². The standard InChI is InChI=1S/C21H19N3O3/c1-26-18-11-10-16(13-19(18)27-2)21(25)24-23-20(15-7-4-3-5-8-15)17-9-6-12-22-14-17/h3-14H,1-2H3,(H,24,25)/b23-20+. The number of carbonyl (C=O) groups excluding carboxylic acids is 1. The van der Waals surface area contributed by atoms with E-state index >= 15 is 0 Å². The predicted octanol–water partition coefficient (Wildman–Crippen LogP) is 3.28. The number of benzene rings is 2. The van der Waals surface area contributed by atoms with Crippen molar-refractivity contribution in [3.8, 4) is 11.5 Å². The van der Waals surface area contributed by atoms with E-state index in [-0.39, 0.29) is 5.91 Å². The Morgan fingerprint density at radius 2 is 1.63 bits per heavy atom. The summed E-state index contributed by atoms with van der Waals surface area (Å²) in [6.07, 6.45) is 3.39. The largest absolute Gasteiger partial charge is 0.493 e. The summed E-state index contributed by atoms with van der Waals surface area (Å²) in [5.41, 5.74) is 5.32. The number of hydrogen-bond donors (Lipinski definition) is 1. The van der Waals surface area contributed by atoms with E-state index in [1.54, 1.807) is 37.7 Å². The van der Waals surface area contributed by atoms with Gasteiger partial charge in [-0.05, 0) is 30.3 Å². The van der Waals surface area contributed by atoms with Gasteiger partial charge in [0.15, 0.2) is 11.5 Å². The number of methoxy groups -OCH3 is 2. The highest BCUT2D eigenvalue weighted by Gasteiger charge is 2.12. The van der Waals surface area contributed by atoms with Crippen molar-refractivity contribution in [2.45, 2.75) is 0 Å². The molecule has 3 rings (SSSR count). The number of amides is 1. The quantitative estimate of drug-likeness (QED) is 0.540. The van der Waals surface area contributed by atoms with Crippen LogP contribution in [0.2, 0.25) is 0 Å². The van der Waals surface area contributed by atoms with Crippen LogP contribution < -0.4 is 14.9 Å². The molecule has 0 aliphatic heterocycles. The first-order valence-corrected chi connectivity index (χ1v) is 8.29. The zero-order chi connectivity index (χ0) is 19.1. The number of aromatic nitrogens is 1. The third kappa shape index (κ3) is 4.30. The van der Waals surface area contributed by atoms with Gasteiger partial charge in [0.1, 0.15) is 0 Å². The highest BCUT2D eigenvalue weighted by atomic mass is 16.5. The fourth-order valence-corrected chi connectivity index (χ4v) is 2.54. The van der Waals surface area contributed by atoms with E-state index < -0.39 is 0 Å². The molecule has 6 nitrogen and oxygen atoms in total. The van der Waals surface area contributed by atoms with Crippen molar-refractivity contribution in [2.75, 3.05) is 14.2 Å². The number of ether oxygens (including phenoxy) is 2. The van der Waals surface area contributed by atoms with Crippen LogP contribution in [0.3, 0.4) is 0 Å². The van der Waals surface area contributed by atoms with Crippen LogP contribution in [-0.2, 0) is 0 Å². The van der Waals surface area contributed by atoms with Gasteiger partial charge in [-0.15, -0.1) is 0 Å². The van der Waals surface area contributed by atoms with E-state index in [4.69, 9.17) is 9.47 Å². The molecular formula is C21H19N3O3. The Bertz CT molecular complexity index is 900. The molecule has 0 fully saturated rings. The van der Waals surface area contributed by atoms with Crippen LogP contribution >= 0.6 is 0 Å². The molecule has 0 radical (unpaired) electrons. The van der Waals surface area contributed by atoms with E-state index in [0.717, 1.165) is 11.1 Å². The predicted molar refractivity (Wildman–Crippen MR) is 103 cm³/mol. The van der Waals surface area contributed by atoms with Gasteiger partial charge in [-0.2, -0.15) is 5.10 Å². The Balaban J connectivity index is 1.90. The first-order chi connectivity index (χ1) is 13.2. The zero-order valence-corrected chi connectivity index (χ0v) is 15.0. The number of nitrogens with one attached hydrogen (secondary N) is 1. The van der Waals surface area contributed by atoms with Gasteiger partial charge in [-0.3, -0.25) is 9.78 Å². The molecule has 0 saturated carbocycles. The summed E-state index contributed by atoms with van der Waals surface area (Å²) in [4.78, 5) is 16.7. The Kier molecular flexibility index (Phi) is 5.79. The summed E-state index contributed by atoms with van der Waals surface area (Å²) in [5, 5.41) is 4.34. The molecule has 1 N–H and O–H groups in total. The van der Waals surface area contributed by atoms with E-state index in [1.807, 2.05) is 42.5 Å². The molecule has 0 unspecified atom stereocenters. The smallest absolute Gasteiger partial charge is 0.271 e. The maximum atomic E-state index is 12.5. The molecule has 0 aliphatic rings. The minimum absolute atomic E-state index is 0.353. The van der Waals surface area contributed by atoms with E-state index in [1.165, 1.54) is 7.11 Å². The summed E-state index contributed by atoms with van der Waals surface area (Å²) in [6.45, 7) is 0. The van der Waals surface area contributed by atoms with Gasteiger partial charge in [0.25, 0.3) is 5.91 Å². The molecule has 0 atom stereocenters. The summed E-state index contributed by atoms with van der Waals surface area (Å²) < 4.78 is 10.4. The monoisotopic (exact) mass is 361 g/mol. The molecule has 0 saturated heterocycles. The van der Waals surface area contributed by atoms with Crippen molar-refractivity contribution in [3.05, 3.63) is 89.7 Å². The van der Waals surface area contributed by atoms with Crippen molar-refractivity contribution >= 4 is 11.6 Å². The molecule has 0 spiro atoms. The lowest BCUT2D eigenvalue weighted by Gasteiger charge is -2.10. The Labute approximate surface area is 157 Å². The van der Waals surface area contributed by atoms with Crippen LogP contribution in [0.5, 0.6) is 11.5 Å². The molecule has 1 aromatic heterocycles. The second-order valence-electron chi connectivity index (χ2n) is 5.58. The molecule has 6 heteroatoms. The first kappa shape index (κ1) is 18.1. The fourth-order valence-electron chi connectivity index (χ4n) is 2.54. The average Bonchev–Trinajstić information content (AvgIpc) is 2.74. The number of nitrogens with zero attached hydrogens (tertiary/aromatic N) is 2. The lowest BCUT2D eigenvalue weighted by atomic mass is 10.0. The van der Waals surface area contributed by atoms with Crippen LogP contribution in [-0.4, -0.2) is 30.8 Å². The van der Waals surface area contributed by atoms with Crippen LogP contribution in [0, 0.1) is 0 Å². The fraction of sp³-hybridized carbons (Fsp3) is 0.0952. The first-order valence-electron chi connectivity index (χ1n) is 8.29. The topological polar surface area (TPSA) is 72.8 Å². The Morgan fingerprint density at radius 3 is 2.30 bits per heavy atom. The number of carbonyl (C=O) groups is 1.